The average Bonchev–Trinajstić information content (AvgIpc) is 3.31. The summed E-state index contributed by atoms with van der Waals surface area (Å²) in [7, 11) is 0. The van der Waals surface area contributed by atoms with Crippen LogP contribution in [-0.2, 0) is 0 Å². The molecule has 3 nitrogen and oxygen atoms in total. The normalized spacial score (nSPS) is 27.6. The van der Waals surface area contributed by atoms with Crippen molar-refractivity contribution in [2.24, 2.45) is 0 Å². The highest BCUT2D eigenvalue weighted by atomic mass is 35.5. The summed E-state index contributed by atoms with van der Waals surface area (Å²) in [4.78, 5) is 2.42. The minimum atomic E-state index is -0.224. The summed E-state index contributed by atoms with van der Waals surface area (Å²) >= 11 is 0. The highest BCUT2D eigenvalue weighted by Gasteiger charge is 2.40. The number of rotatable bonds is 3. The van der Waals surface area contributed by atoms with E-state index < -0.39 is 0 Å². The molecule has 1 heterocycles. The number of piperazine rings is 1. The van der Waals surface area contributed by atoms with Gasteiger partial charge in [0.05, 0.1) is 6.10 Å². The second kappa shape index (κ2) is 7.89. The lowest BCUT2D eigenvalue weighted by molar-refractivity contribution is 0.199. The van der Waals surface area contributed by atoms with Gasteiger partial charge in [-0.05, 0) is 51.7 Å². The van der Waals surface area contributed by atoms with Crippen molar-refractivity contribution >= 4 is 30.5 Å². The first-order chi connectivity index (χ1) is 11.0. The minimum absolute atomic E-state index is 0. The van der Waals surface area contributed by atoms with Gasteiger partial charge in [0, 0.05) is 35.9 Å². The molecule has 0 bridgehead atoms. The Labute approximate surface area is 162 Å². The number of hydrogen-bond acceptors (Lipinski definition) is 3. The maximum atomic E-state index is 14.4. The number of hydrogen-bond donors (Lipinski definition) is 1. The minimum Gasteiger partial charge on any atom is -0.487 e. The summed E-state index contributed by atoms with van der Waals surface area (Å²) in [5, 5.41) is 3.79. The Morgan fingerprint density at radius 3 is 2.52 bits per heavy atom. The maximum absolute atomic E-state index is 14.4. The van der Waals surface area contributed by atoms with Crippen LogP contribution in [0.25, 0.3) is 0 Å². The standard InChI is InChI=1S/C19H27FN2O.2ClH/c1-19(2)12-22(17-6-4-3-5-16(17)21-19)13-7-10-18(15(20)11-13)23-14-8-9-14;;/h7,10-11,14,16-17,21H,3-6,8-9,12H2,1-2H3;2*1H/t16-,17-;;/m1../s1. The Morgan fingerprint density at radius 1 is 1.12 bits per heavy atom. The molecular weight excluding hydrogens is 362 g/mol. The zero-order valence-corrected chi connectivity index (χ0v) is 16.6. The highest BCUT2D eigenvalue weighted by Crippen LogP contribution is 2.36. The second-order valence-corrected chi connectivity index (χ2v) is 8.05. The van der Waals surface area contributed by atoms with Crippen molar-refractivity contribution < 1.29 is 9.13 Å². The Balaban J connectivity index is 0.00000113. The van der Waals surface area contributed by atoms with E-state index in [0.29, 0.717) is 17.8 Å². The Kier molecular flexibility index (Phi) is 6.50. The summed E-state index contributed by atoms with van der Waals surface area (Å²) in [6, 6.07) is 6.51. The van der Waals surface area contributed by atoms with E-state index in [1.54, 1.807) is 6.07 Å². The number of nitrogens with zero attached hydrogens (tertiary/aromatic N) is 1. The largest absolute Gasteiger partial charge is 0.487 e. The number of anilines is 1. The van der Waals surface area contributed by atoms with Gasteiger partial charge in [0.15, 0.2) is 11.6 Å². The van der Waals surface area contributed by atoms with Crippen LogP contribution in [0.15, 0.2) is 18.2 Å². The molecule has 0 spiro atoms. The molecular formula is C19H29Cl2FN2O. The lowest BCUT2D eigenvalue weighted by Gasteiger charge is -2.52. The molecule has 1 aliphatic heterocycles. The third-order valence-electron chi connectivity index (χ3n) is 5.34. The van der Waals surface area contributed by atoms with Gasteiger partial charge in [-0.25, -0.2) is 4.39 Å². The van der Waals surface area contributed by atoms with E-state index in [1.807, 2.05) is 12.1 Å². The average molecular weight is 391 g/mol. The van der Waals surface area contributed by atoms with Crippen molar-refractivity contribution in [1.29, 1.82) is 0 Å². The number of benzene rings is 1. The molecule has 2 atom stereocenters. The van der Waals surface area contributed by atoms with Gasteiger partial charge < -0.3 is 15.0 Å². The van der Waals surface area contributed by atoms with Gasteiger partial charge in [0.25, 0.3) is 0 Å². The van der Waals surface area contributed by atoms with E-state index in [-0.39, 0.29) is 42.3 Å². The van der Waals surface area contributed by atoms with E-state index >= 15 is 0 Å². The molecule has 2 saturated carbocycles. The predicted octanol–water partition coefficient (Wildman–Crippen LogP) is 4.71. The van der Waals surface area contributed by atoms with Crippen molar-refractivity contribution in [3.8, 4) is 5.75 Å². The summed E-state index contributed by atoms with van der Waals surface area (Å²) in [5.74, 6) is 0.184. The number of halogens is 3. The zero-order chi connectivity index (χ0) is 16.0. The molecule has 142 valence electrons. The Morgan fingerprint density at radius 2 is 1.84 bits per heavy atom. The molecule has 3 aliphatic rings. The fourth-order valence-electron chi connectivity index (χ4n) is 4.16. The molecule has 6 heteroatoms. The second-order valence-electron chi connectivity index (χ2n) is 8.05. The van der Waals surface area contributed by atoms with Gasteiger partial charge in [0.1, 0.15) is 0 Å². The number of ether oxygens (including phenoxy) is 1. The van der Waals surface area contributed by atoms with Crippen molar-refractivity contribution in [3.63, 3.8) is 0 Å². The third kappa shape index (κ3) is 4.53. The number of nitrogens with one attached hydrogen (secondary N) is 1. The molecule has 1 aromatic rings. The molecule has 3 fully saturated rings. The topological polar surface area (TPSA) is 24.5 Å². The highest BCUT2D eigenvalue weighted by molar-refractivity contribution is 5.85. The summed E-state index contributed by atoms with van der Waals surface area (Å²) in [6.45, 7) is 5.40. The maximum Gasteiger partial charge on any atom is 0.167 e. The molecule has 0 amide bonds. The van der Waals surface area contributed by atoms with Crippen LogP contribution in [0.2, 0.25) is 0 Å². The number of fused-ring (bicyclic) bond motifs is 1. The molecule has 1 N–H and O–H groups in total. The molecule has 2 aliphatic carbocycles. The monoisotopic (exact) mass is 390 g/mol. The van der Waals surface area contributed by atoms with Gasteiger partial charge in [-0.15, -0.1) is 24.8 Å². The fraction of sp³-hybridized carbons (Fsp3) is 0.684. The van der Waals surface area contributed by atoms with Gasteiger partial charge in [-0.3, -0.25) is 0 Å². The van der Waals surface area contributed by atoms with E-state index in [9.17, 15) is 4.39 Å². The molecule has 1 aromatic carbocycles. The van der Waals surface area contributed by atoms with E-state index in [4.69, 9.17) is 4.74 Å². The zero-order valence-electron chi connectivity index (χ0n) is 15.0. The van der Waals surface area contributed by atoms with E-state index in [0.717, 1.165) is 25.1 Å². The van der Waals surface area contributed by atoms with Gasteiger partial charge in [-0.1, -0.05) is 12.8 Å². The van der Waals surface area contributed by atoms with Gasteiger partial charge >= 0.3 is 0 Å². The molecule has 0 unspecified atom stereocenters. The Hall–Kier alpha value is -0.710. The first-order valence-corrected chi connectivity index (χ1v) is 9.02. The molecule has 0 radical (unpaired) electrons. The predicted molar refractivity (Wildman–Crippen MR) is 105 cm³/mol. The molecule has 1 saturated heterocycles. The summed E-state index contributed by atoms with van der Waals surface area (Å²) in [5.41, 5.74) is 1.05. The van der Waals surface area contributed by atoms with Crippen molar-refractivity contribution in [3.05, 3.63) is 24.0 Å². The van der Waals surface area contributed by atoms with Crippen LogP contribution in [-0.4, -0.2) is 30.3 Å². The molecule has 25 heavy (non-hydrogen) atoms. The lowest BCUT2D eigenvalue weighted by atomic mass is 9.83. The van der Waals surface area contributed by atoms with Crippen LogP contribution in [0.5, 0.6) is 5.75 Å². The molecule has 4 rings (SSSR count). The molecule has 0 aromatic heterocycles. The van der Waals surface area contributed by atoms with Crippen molar-refractivity contribution in [2.45, 2.75) is 76.1 Å². The van der Waals surface area contributed by atoms with Crippen molar-refractivity contribution in [1.82, 2.24) is 5.32 Å². The quantitative estimate of drug-likeness (QED) is 0.808. The van der Waals surface area contributed by atoms with Crippen LogP contribution < -0.4 is 15.0 Å². The van der Waals surface area contributed by atoms with Crippen LogP contribution in [0, 0.1) is 5.82 Å². The third-order valence-corrected chi connectivity index (χ3v) is 5.34. The van der Waals surface area contributed by atoms with Gasteiger partial charge in [-0.2, -0.15) is 0 Å². The smallest absolute Gasteiger partial charge is 0.167 e. The van der Waals surface area contributed by atoms with Crippen LogP contribution in [0.1, 0.15) is 52.4 Å². The first-order valence-electron chi connectivity index (χ1n) is 9.02. The van der Waals surface area contributed by atoms with Gasteiger partial charge in [0.2, 0.25) is 0 Å². The first kappa shape index (κ1) is 20.6. The van der Waals surface area contributed by atoms with Crippen LogP contribution in [0.3, 0.4) is 0 Å². The SMILES string of the molecule is CC1(C)CN(c2ccc(OC3CC3)c(F)c2)[C@@H]2CCCC[C@H]2N1.Cl.Cl. The lowest BCUT2D eigenvalue weighted by Crippen LogP contribution is -2.67. The van der Waals surface area contributed by atoms with E-state index in [1.165, 1.54) is 25.7 Å². The summed E-state index contributed by atoms with van der Waals surface area (Å²) < 4.78 is 20.1. The van der Waals surface area contributed by atoms with Crippen LogP contribution in [0.4, 0.5) is 10.1 Å². The fourth-order valence-corrected chi connectivity index (χ4v) is 4.16. The van der Waals surface area contributed by atoms with Crippen LogP contribution >= 0.6 is 24.8 Å². The Bertz CT molecular complexity index is 595. The van der Waals surface area contributed by atoms with E-state index in [2.05, 4.69) is 24.1 Å². The van der Waals surface area contributed by atoms with Crippen molar-refractivity contribution in [2.75, 3.05) is 11.4 Å². The summed E-state index contributed by atoms with van der Waals surface area (Å²) in [6.07, 6.45) is 7.31.